The van der Waals surface area contributed by atoms with Crippen molar-refractivity contribution in [2.24, 2.45) is 0 Å². The Morgan fingerprint density at radius 2 is 1.87 bits per heavy atom. The molecule has 31 heavy (non-hydrogen) atoms. The quantitative estimate of drug-likeness (QED) is 0.580. The Morgan fingerprint density at radius 3 is 2.61 bits per heavy atom. The third-order valence-electron chi connectivity index (χ3n) is 5.61. The van der Waals surface area contributed by atoms with Crippen LogP contribution in [0.5, 0.6) is 11.5 Å². The summed E-state index contributed by atoms with van der Waals surface area (Å²) >= 11 is 6.13. The number of para-hydroxylation sites is 1. The molecule has 1 aliphatic heterocycles. The number of carbonyl (C=O) groups excluding carboxylic acids is 1. The highest BCUT2D eigenvalue weighted by Gasteiger charge is 2.24. The molecule has 0 spiro atoms. The number of fused-ring (bicyclic) bond motifs is 1. The van der Waals surface area contributed by atoms with E-state index in [0.29, 0.717) is 36.0 Å². The van der Waals surface area contributed by atoms with E-state index in [1.165, 1.54) is 0 Å². The van der Waals surface area contributed by atoms with Crippen LogP contribution in [0.2, 0.25) is 5.02 Å². The van der Waals surface area contributed by atoms with Crippen molar-refractivity contribution in [3.63, 3.8) is 0 Å². The molecule has 6 nitrogen and oxygen atoms in total. The van der Waals surface area contributed by atoms with Crippen molar-refractivity contribution in [1.82, 2.24) is 14.8 Å². The molecule has 0 saturated carbocycles. The first-order valence-corrected chi connectivity index (χ1v) is 10.8. The van der Waals surface area contributed by atoms with Crippen LogP contribution in [0.25, 0.3) is 10.9 Å². The minimum atomic E-state index is 0.0367. The second-order valence-electron chi connectivity index (χ2n) is 7.59. The SMILES string of the molecule is COc1ccc2cc(C(=O)N3CCN(CCOc4ccccc4Cl)CC3)c(C)nc2c1. The van der Waals surface area contributed by atoms with Crippen LogP contribution in [0.15, 0.2) is 48.5 Å². The molecule has 0 N–H and O–H groups in total. The first-order chi connectivity index (χ1) is 15.0. The number of hydrogen-bond acceptors (Lipinski definition) is 5. The number of halogens is 1. The number of ether oxygens (including phenoxy) is 2. The zero-order valence-electron chi connectivity index (χ0n) is 17.8. The van der Waals surface area contributed by atoms with E-state index in [1.807, 2.05) is 60.4 Å². The summed E-state index contributed by atoms with van der Waals surface area (Å²) in [5.41, 5.74) is 2.23. The van der Waals surface area contributed by atoms with Gasteiger partial charge in [0.15, 0.2) is 0 Å². The number of aromatic nitrogens is 1. The van der Waals surface area contributed by atoms with E-state index in [0.717, 1.165) is 42.0 Å². The lowest BCUT2D eigenvalue weighted by Gasteiger charge is -2.34. The molecule has 0 radical (unpaired) electrons. The summed E-state index contributed by atoms with van der Waals surface area (Å²) in [6, 6.07) is 15.1. The zero-order valence-corrected chi connectivity index (χ0v) is 18.6. The molecule has 1 aliphatic rings. The fraction of sp³-hybridized carbons (Fsp3) is 0.333. The summed E-state index contributed by atoms with van der Waals surface area (Å²) < 4.78 is 11.1. The number of amides is 1. The second-order valence-corrected chi connectivity index (χ2v) is 8.00. The van der Waals surface area contributed by atoms with Gasteiger partial charge in [0.2, 0.25) is 0 Å². The number of nitrogens with zero attached hydrogens (tertiary/aromatic N) is 3. The lowest BCUT2D eigenvalue weighted by Crippen LogP contribution is -2.49. The van der Waals surface area contributed by atoms with Gasteiger partial charge in [-0.25, -0.2) is 0 Å². The van der Waals surface area contributed by atoms with E-state index in [4.69, 9.17) is 21.1 Å². The second kappa shape index (κ2) is 9.54. The molecule has 1 aromatic heterocycles. The Hall–Kier alpha value is -2.83. The molecule has 1 saturated heterocycles. The standard InChI is InChI=1S/C24H26ClN3O3/c1-17-20(15-18-7-8-19(30-2)16-22(18)26-17)24(29)28-11-9-27(10-12-28)13-14-31-23-6-4-3-5-21(23)25/h3-8,15-16H,9-14H2,1-2H3. The van der Waals surface area contributed by atoms with Crippen molar-refractivity contribution >= 4 is 28.4 Å². The minimum absolute atomic E-state index is 0.0367. The molecule has 162 valence electrons. The summed E-state index contributed by atoms with van der Waals surface area (Å²) in [7, 11) is 1.63. The van der Waals surface area contributed by atoms with Crippen LogP contribution in [-0.2, 0) is 0 Å². The summed E-state index contributed by atoms with van der Waals surface area (Å²) in [4.78, 5) is 22.0. The number of methoxy groups -OCH3 is 1. The molecule has 0 bridgehead atoms. The minimum Gasteiger partial charge on any atom is -0.497 e. The van der Waals surface area contributed by atoms with Gasteiger partial charge in [0.1, 0.15) is 18.1 Å². The van der Waals surface area contributed by atoms with Gasteiger partial charge < -0.3 is 14.4 Å². The maximum Gasteiger partial charge on any atom is 0.255 e. The summed E-state index contributed by atoms with van der Waals surface area (Å²) in [5, 5.41) is 1.56. The van der Waals surface area contributed by atoms with Crippen molar-refractivity contribution in [2.75, 3.05) is 46.4 Å². The average Bonchev–Trinajstić information content (AvgIpc) is 2.79. The molecular formula is C24H26ClN3O3. The van der Waals surface area contributed by atoms with Crippen molar-refractivity contribution in [3.8, 4) is 11.5 Å². The molecule has 0 aliphatic carbocycles. The van der Waals surface area contributed by atoms with Crippen molar-refractivity contribution in [3.05, 3.63) is 64.8 Å². The molecule has 2 aromatic carbocycles. The Morgan fingerprint density at radius 1 is 1.10 bits per heavy atom. The van der Waals surface area contributed by atoms with Gasteiger partial charge in [0.25, 0.3) is 5.91 Å². The van der Waals surface area contributed by atoms with Crippen LogP contribution >= 0.6 is 11.6 Å². The first kappa shape index (κ1) is 21.4. The van der Waals surface area contributed by atoms with Gasteiger partial charge in [-0.2, -0.15) is 0 Å². The van der Waals surface area contributed by atoms with E-state index in [9.17, 15) is 4.79 Å². The van der Waals surface area contributed by atoms with Crippen molar-refractivity contribution in [2.45, 2.75) is 6.92 Å². The fourth-order valence-corrected chi connectivity index (χ4v) is 3.97. The molecule has 0 unspecified atom stereocenters. The van der Waals surface area contributed by atoms with Crippen LogP contribution in [0, 0.1) is 6.92 Å². The average molecular weight is 440 g/mol. The predicted octanol–water partition coefficient (Wildman–Crippen LogP) is 4.04. The van der Waals surface area contributed by atoms with E-state index < -0.39 is 0 Å². The normalized spacial score (nSPS) is 14.6. The maximum absolute atomic E-state index is 13.1. The topological polar surface area (TPSA) is 54.9 Å². The molecular weight excluding hydrogens is 414 g/mol. The lowest BCUT2D eigenvalue weighted by atomic mass is 10.1. The summed E-state index contributed by atoms with van der Waals surface area (Å²) in [6.07, 6.45) is 0. The Balaban J connectivity index is 1.34. The Labute approximate surface area is 187 Å². The van der Waals surface area contributed by atoms with Crippen LogP contribution in [-0.4, -0.2) is 67.1 Å². The highest BCUT2D eigenvalue weighted by molar-refractivity contribution is 6.32. The fourth-order valence-electron chi connectivity index (χ4n) is 3.78. The predicted molar refractivity (Wildman–Crippen MR) is 122 cm³/mol. The molecule has 0 atom stereocenters. The number of pyridine rings is 1. The molecule has 1 fully saturated rings. The molecule has 1 amide bonds. The van der Waals surface area contributed by atoms with Gasteiger partial charge in [-0.15, -0.1) is 0 Å². The monoisotopic (exact) mass is 439 g/mol. The van der Waals surface area contributed by atoms with E-state index >= 15 is 0 Å². The number of benzene rings is 2. The number of carbonyl (C=O) groups is 1. The van der Waals surface area contributed by atoms with Crippen LogP contribution < -0.4 is 9.47 Å². The number of aryl methyl sites for hydroxylation is 1. The van der Waals surface area contributed by atoms with Crippen LogP contribution in [0.3, 0.4) is 0 Å². The molecule has 3 aromatic rings. The lowest BCUT2D eigenvalue weighted by molar-refractivity contribution is 0.0619. The highest BCUT2D eigenvalue weighted by Crippen LogP contribution is 2.24. The number of rotatable bonds is 6. The third kappa shape index (κ3) is 4.92. The van der Waals surface area contributed by atoms with E-state index in [1.54, 1.807) is 7.11 Å². The van der Waals surface area contributed by atoms with Gasteiger partial charge in [-0.3, -0.25) is 14.7 Å². The summed E-state index contributed by atoms with van der Waals surface area (Å²) in [6.45, 7) is 6.24. The maximum atomic E-state index is 13.1. The van der Waals surface area contributed by atoms with Gasteiger partial charge >= 0.3 is 0 Å². The van der Waals surface area contributed by atoms with Gasteiger partial charge in [-0.1, -0.05) is 23.7 Å². The largest absolute Gasteiger partial charge is 0.497 e. The third-order valence-corrected chi connectivity index (χ3v) is 5.92. The van der Waals surface area contributed by atoms with E-state index in [-0.39, 0.29) is 5.91 Å². The smallest absolute Gasteiger partial charge is 0.255 e. The Kier molecular flexibility index (Phi) is 6.59. The van der Waals surface area contributed by atoms with E-state index in [2.05, 4.69) is 9.88 Å². The Bertz CT molecular complexity index is 1080. The van der Waals surface area contributed by atoms with Gasteiger partial charge in [-0.05, 0) is 37.3 Å². The van der Waals surface area contributed by atoms with Crippen LogP contribution in [0.4, 0.5) is 0 Å². The van der Waals surface area contributed by atoms with Gasteiger partial charge in [0.05, 0.1) is 28.9 Å². The van der Waals surface area contributed by atoms with Gasteiger partial charge in [0, 0.05) is 44.2 Å². The number of hydrogen-bond donors (Lipinski definition) is 0. The molecule has 7 heteroatoms. The van der Waals surface area contributed by atoms with Crippen molar-refractivity contribution in [1.29, 1.82) is 0 Å². The summed E-state index contributed by atoms with van der Waals surface area (Å²) in [5.74, 6) is 1.50. The molecule has 4 rings (SSSR count). The molecule has 2 heterocycles. The first-order valence-electron chi connectivity index (χ1n) is 10.4. The zero-order chi connectivity index (χ0) is 21.8. The van der Waals surface area contributed by atoms with Crippen LogP contribution in [0.1, 0.15) is 16.1 Å². The highest BCUT2D eigenvalue weighted by atomic mass is 35.5. The number of piperazine rings is 1. The van der Waals surface area contributed by atoms with Crippen molar-refractivity contribution < 1.29 is 14.3 Å².